The van der Waals surface area contributed by atoms with Gasteiger partial charge < -0.3 is 16.4 Å². The Balaban J connectivity index is 1.96. The van der Waals surface area contributed by atoms with Crippen LogP contribution in [0.3, 0.4) is 0 Å². The van der Waals surface area contributed by atoms with Crippen LogP contribution in [0.4, 0.5) is 0 Å². The molecule has 0 aromatic rings. The van der Waals surface area contributed by atoms with Gasteiger partial charge in [0.2, 0.25) is 5.91 Å². The van der Waals surface area contributed by atoms with Gasteiger partial charge in [-0.2, -0.15) is 0 Å². The standard InChI is InChI=1S/C16H31N3O/c1-15(2)9-11(10-16(3,4)19-15)18-14(20)12-7-5-6-8-13(12)17/h11-13,19H,5-10,17H2,1-4H3,(H,18,20). The Kier molecular flexibility index (Phi) is 4.45. The van der Waals surface area contributed by atoms with E-state index in [9.17, 15) is 4.79 Å². The Hall–Kier alpha value is -0.610. The number of nitrogens with one attached hydrogen (secondary N) is 2. The summed E-state index contributed by atoms with van der Waals surface area (Å²) in [6.07, 6.45) is 6.19. The number of hydrogen-bond acceptors (Lipinski definition) is 3. The second kappa shape index (κ2) is 5.64. The summed E-state index contributed by atoms with van der Waals surface area (Å²) in [7, 11) is 0. The average molecular weight is 281 g/mol. The fourth-order valence-corrected chi connectivity index (χ4v) is 4.22. The van der Waals surface area contributed by atoms with Crippen LogP contribution < -0.4 is 16.4 Å². The van der Waals surface area contributed by atoms with Gasteiger partial charge in [-0.25, -0.2) is 0 Å². The first-order valence-corrected chi connectivity index (χ1v) is 8.04. The highest BCUT2D eigenvalue weighted by Gasteiger charge is 2.39. The zero-order valence-electron chi connectivity index (χ0n) is 13.5. The Labute approximate surface area is 123 Å². The highest BCUT2D eigenvalue weighted by atomic mass is 16.2. The van der Waals surface area contributed by atoms with E-state index in [1.54, 1.807) is 0 Å². The molecule has 4 N–H and O–H groups in total. The summed E-state index contributed by atoms with van der Waals surface area (Å²) in [5, 5.41) is 6.92. The lowest BCUT2D eigenvalue weighted by molar-refractivity contribution is -0.127. The van der Waals surface area contributed by atoms with Crippen molar-refractivity contribution in [2.45, 2.75) is 89.4 Å². The van der Waals surface area contributed by atoms with E-state index in [0.29, 0.717) is 0 Å². The molecule has 2 rings (SSSR count). The Morgan fingerprint density at radius 3 is 2.20 bits per heavy atom. The van der Waals surface area contributed by atoms with E-state index < -0.39 is 0 Å². The van der Waals surface area contributed by atoms with Crippen LogP contribution in [0.5, 0.6) is 0 Å². The van der Waals surface area contributed by atoms with Crippen molar-refractivity contribution in [2.24, 2.45) is 11.7 Å². The summed E-state index contributed by atoms with van der Waals surface area (Å²) >= 11 is 0. The Morgan fingerprint density at radius 2 is 1.65 bits per heavy atom. The molecule has 4 nitrogen and oxygen atoms in total. The van der Waals surface area contributed by atoms with Crippen LogP contribution in [0.25, 0.3) is 0 Å². The monoisotopic (exact) mass is 281 g/mol. The summed E-state index contributed by atoms with van der Waals surface area (Å²) in [6.45, 7) is 8.83. The van der Waals surface area contributed by atoms with Gasteiger partial charge in [-0.15, -0.1) is 0 Å². The van der Waals surface area contributed by atoms with Crippen molar-refractivity contribution >= 4 is 5.91 Å². The number of piperidine rings is 1. The van der Waals surface area contributed by atoms with Crippen molar-refractivity contribution in [3.63, 3.8) is 0 Å². The summed E-state index contributed by atoms with van der Waals surface area (Å²) in [6, 6.07) is 0.300. The summed E-state index contributed by atoms with van der Waals surface area (Å²) in [4.78, 5) is 12.5. The van der Waals surface area contributed by atoms with Crippen LogP contribution in [0, 0.1) is 5.92 Å². The molecule has 0 aromatic heterocycles. The van der Waals surface area contributed by atoms with Crippen LogP contribution >= 0.6 is 0 Å². The number of nitrogens with two attached hydrogens (primary N) is 1. The quantitative estimate of drug-likeness (QED) is 0.724. The first-order chi connectivity index (χ1) is 9.19. The Bertz CT molecular complexity index is 349. The molecule has 116 valence electrons. The van der Waals surface area contributed by atoms with E-state index in [4.69, 9.17) is 5.73 Å². The second-order valence-corrected chi connectivity index (χ2v) is 8.06. The van der Waals surface area contributed by atoms with E-state index in [1.165, 1.54) is 6.42 Å². The van der Waals surface area contributed by atoms with E-state index in [2.05, 4.69) is 38.3 Å². The lowest BCUT2D eigenvalue weighted by Crippen LogP contribution is -2.62. The van der Waals surface area contributed by atoms with Crippen molar-refractivity contribution < 1.29 is 4.79 Å². The van der Waals surface area contributed by atoms with Crippen LogP contribution in [0.1, 0.15) is 66.2 Å². The van der Waals surface area contributed by atoms with Crippen molar-refractivity contribution in [2.75, 3.05) is 0 Å². The van der Waals surface area contributed by atoms with E-state index in [1.807, 2.05) is 0 Å². The van der Waals surface area contributed by atoms with Crippen LogP contribution in [0.15, 0.2) is 0 Å². The fourth-order valence-electron chi connectivity index (χ4n) is 4.22. The first kappa shape index (κ1) is 15.8. The maximum atomic E-state index is 12.5. The Morgan fingerprint density at radius 1 is 1.10 bits per heavy atom. The summed E-state index contributed by atoms with van der Waals surface area (Å²) in [5.74, 6) is 0.195. The number of carbonyl (C=O) groups is 1. The number of hydrogen-bond donors (Lipinski definition) is 3. The van der Waals surface area contributed by atoms with Crippen LogP contribution in [-0.2, 0) is 4.79 Å². The molecule has 0 aromatic carbocycles. The van der Waals surface area contributed by atoms with Crippen molar-refractivity contribution in [3.8, 4) is 0 Å². The summed E-state index contributed by atoms with van der Waals surface area (Å²) < 4.78 is 0. The zero-order chi connectivity index (χ0) is 15.0. The molecule has 0 spiro atoms. The smallest absolute Gasteiger partial charge is 0.224 e. The number of amides is 1. The SMILES string of the molecule is CC1(C)CC(NC(=O)C2CCCCC2N)CC(C)(C)N1. The van der Waals surface area contributed by atoms with Crippen LogP contribution in [-0.4, -0.2) is 29.1 Å². The van der Waals surface area contributed by atoms with Gasteiger partial charge in [0.05, 0.1) is 5.92 Å². The molecule has 1 heterocycles. The van der Waals surface area contributed by atoms with E-state index in [-0.39, 0.29) is 35.0 Å². The highest BCUT2D eigenvalue weighted by molar-refractivity contribution is 5.79. The molecule has 2 atom stereocenters. The molecule has 2 fully saturated rings. The van der Waals surface area contributed by atoms with E-state index in [0.717, 1.165) is 32.1 Å². The maximum Gasteiger partial charge on any atom is 0.224 e. The molecule has 1 amide bonds. The summed E-state index contributed by atoms with van der Waals surface area (Å²) in [5.41, 5.74) is 6.25. The molecule has 1 aliphatic carbocycles. The third-order valence-corrected chi connectivity index (χ3v) is 4.69. The normalized spacial score (nSPS) is 33.6. The van der Waals surface area contributed by atoms with Crippen molar-refractivity contribution in [1.29, 1.82) is 0 Å². The minimum absolute atomic E-state index is 0.0184. The van der Waals surface area contributed by atoms with E-state index >= 15 is 0 Å². The van der Waals surface area contributed by atoms with Gasteiger partial charge in [-0.1, -0.05) is 12.8 Å². The average Bonchev–Trinajstić information content (AvgIpc) is 2.24. The van der Waals surface area contributed by atoms with Gasteiger partial charge in [0.1, 0.15) is 0 Å². The van der Waals surface area contributed by atoms with Crippen LogP contribution in [0.2, 0.25) is 0 Å². The molecule has 1 aliphatic heterocycles. The van der Waals surface area contributed by atoms with Crippen molar-refractivity contribution in [3.05, 3.63) is 0 Å². The lowest BCUT2D eigenvalue weighted by Gasteiger charge is -2.47. The molecular formula is C16H31N3O. The van der Waals surface area contributed by atoms with Gasteiger partial charge >= 0.3 is 0 Å². The number of rotatable bonds is 2. The van der Waals surface area contributed by atoms with Gasteiger partial charge in [-0.3, -0.25) is 4.79 Å². The number of carbonyl (C=O) groups excluding carboxylic acids is 1. The molecule has 0 bridgehead atoms. The third kappa shape index (κ3) is 3.95. The minimum Gasteiger partial charge on any atom is -0.353 e. The molecule has 0 radical (unpaired) electrons. The molecule has 2 aliphatic rings. The van der Waals surface area contributed by atoms with Crippen molar-refractivity contribution in [1.82, 2.24) is 10.6 Å². The highest BCUT2D eigenvalue weighted by Crippen LogP contribution is 2.29. The predicted molar refractivity (Wildman–Crippen MR) is 82.4 cm³/mol. The largest absolute Gasteiger partial charge is 0.353 e. The van der Waals surface area contributed by atoms with Gasteiger partial charge in [0.25, 0.3) is 0 Å². The maximum absolute atomic E-state index is 12.5. The lowest BCUT2D eigenvalue weighted by atomic mass is 9.79. The predicted octanol–water partition coefficient (Wildman–Crippen LogP) is 1.93. The molecule has 20 heavy (non-hydrogen) atoms. The third-order valence-electron chi connectivity index (χ3n) is 4.69. The second-order valence-electron chi connectivity index (χ2n) is 8.06. The zero-order valence-corrected chi connectivity index (χ0v) is 13.5. The first-order valence-electron chi connectivity index (χ1n) is 8.04. The van der Waals surface area contributed by atoms with Gasteiger partial charge in [0.15, 0.2) is 0 Å². The fraction of sp³-hybridized carbons (Fsp3) is 0.938. The molecule has 2 unspecified atom stereocenters. The topological polar surface area (TPSA) is 67.2 Å². The molecular weight excluding hydrogens is 250 g/mol. The van der Waals surface area contributed by atoms with Gasteiger partial charge in [-0.05, 0) is 53.4 Å². The minimum atomic E-state index is 0.0184. The molecule has 1 saturated carbocycles. The molecule has 1 saturated heterocycles. The molecule has 4 heteroatoms. The van der Waals surface area contributed by atoms with Gasteiger partial charge in [0, 0.05) is 23.2 Å².